The molecule has 7 nitrogen and oxygen atoms in total. The van der Waals surface area contributed by atoms with Gasteiger partial charge in [0, 0.05) is 23.0 Å². The first-order valence-electron chi connectivity index (χ1n) is 7.72. The fraction of sp³-hybridized carbons (Fsp3) is 0.167. The zero-order valence-corrected chi connectivity index (χ0v) is 13.9. The molecule has 3 aromatic rings. The molecule has 0 saturated carbocycles. The summed E-state index contributed by atoms with van der Waals surface area (Å²) in [5.74, 6) is 1.13. The number of ether oxygens (including phenoxy) is 1. The van der Waals surface area contributed by atoms with Gasteiger partial charge in [-0.1, -0.05) is 6.07 Å². The molecule has 0 aliphatic heterocycles. The van der Waals surface area contributed by atoms with E-state index in [0.29, 0.717) is 17.3 Å². The lowest BCUT2D eigenvalue weighted by Crippen LogP contribution is -2.31. The van der Waals surface area contributed by atoms with Gasteiger partial charge in [-0.3, -0.25) is 4.98 Å². The van der Waals surface area contributed by atoms with Crippen LogP contribution < -0.4 is 15.4 Å². The van der Waals surface area contributed by atoms with Crippen LogP contribution in [0.1, 0.15) is 18.5 Å². The van der Waals surface area contributed by atoms with Crippen LogP contribution in [0.5, 0.6) is 5.75 Å². The smallest absolute Gasteiger partial charge is 0.319 e. The number of nitrogens with one attached hydrogen (secondary N) is 2. The van der Waals surface area contributed by atoms with Gasteiger partial charge in [-0.25, -0.2) is 9.78 Å². The molecule has 0 spiro atoms. The molecule has 7 heteroatoms. The number of hydrogen-bond donors (Lipinski definition) is 2. The Bertz CT molecular complexity index is 849. The molecule has 0 fully saturated rings. The third-order valence-electron chi connectivity index (χ3n) is 3.65. The van der Waals surface area contributed by atoms with E-state index in [9.17, 15) is 4.79 Å². The number of hydrogen-bond acceptors (Lipinski definition) is 5. The number of aromatic nitrogens is 2. The van der Waals surface area contributed by atoms with Crippen molar-refractivity contribution in [2.24, 2.45) is 0 Å². The van der Waals surface area contributed by atoms with E-state index in [2.05, 4.69) is 20.6 Å². The van der Waals surface area contributed by atoms with Gasteiger partial charge in [0.25, 0.3) is 0 Å². The summed E-state index contributed by atoms with van der Waals surface area (Å²) in [6.07, 6.45) is 6.36. The van der Waals surface area contributed by atoms with E-state index in [-0.39, 0.29) is 12.1 Å². The minimum atomic E-state index is -0.323. The molecule has 0 aliphatic rings. The van der Waals surface area contributed by atoms with Crippen LogP contribution in [0.2, 0.25) is 0 Å². The van der Waals surface area contributed by atoms with Gasteiger partial charge in [0.05, 0.1) is 25.5 Å². The highest BCUT2D eigenvalue weighted by Crippen LogP contribution is 2.24. The maximum Gasteiger partial charge on any atom is 0.319 e. The third-order valence-corrected chi connectivity index (χ3v) is 3.65. The van der Waals surface area contributed by atoms with Crippen molar-refractivity contribution in [1.29, 1.82) is 0 Å². The molecule has 25 heavy (non-hydrogen) atoms. The van der Waals surface area contributed by atoms with E-state index in [1.54, 1.807) is 37.8 Å². The molecule has 0 saturated heterocycles. The predicted octanol–water partition coefficient (Wildman–Crippen LogP) is 3.63. The number of methoxy groups -OCH3 is 1. The molecule has 2 N–H and O–H groups in total. The second-order valence-corrected chi connectivity index (χ2v) is 5.36. The van der Waals surface area contributed by atoms with E-state index >= 15 is 0 Å². The Labute approximate surface area is 145 Å². The summed E-state index contributed by atoms with van der Waals surface area (Å²) >= 11 is 0. The van der Waals surface area contributed by atoms with Gasteiger partial charge < -0.3 is 19.8 Å². The van der Waals surface area contributed by atoms with Crippen molar-refractivity contribution in [2.45, 2.75) is 13.0 Å². The molecule has 0 radical (unpaired) electrons. The molecule has 0 bridgehead atoms. The van der Waals surface area contributed by atoms with Crippen molar-refractivity contribution in [2.75, 3.05) is 12.4 Å². The second kappa shape index (κ2) is 7.48. The number of nitrogens with zero attached hydrogens (tertiary/aromatic N) is 2. The molecule has 1 atom stereocenters. The molecule has 1 aromatic carbocycles. The monoisotopic (exact) mass is 338 g/mol. The first-order chi connectivity index (χ1) is 12.2. The summed E-state index contributed by atoms with van der Waals surface area (Å²) in [7, 11) is 1.57. The first kappa shape index (κ1) is 16.5. The third kappa shape index (κ3) is 3.95. The molecular formula is C18H18N4O3. The minimum absolute atomic E-state index is 0.243. The highest BCUT2D eigenvalue weighted by atomic mass is 16.5. The number of carbonyl (C=O) groups is 1. The summed E-state index contributed by atoms with van der Waals surface area (Å²) in [6, 6.07) is 8.52. The number of carbonyl (C=O) groups excluding carboxylic acids is 1. The Morgan fingerprint density at radius 3 is 2.92 bits per heavy atom. The van der Waals surface area contributed by atoms with E-state index in [1.165, 1.54) is 6.26 Å². The Hall–Kier alpha value is -3.35. The minimum Gasteiger partial charge on any atom is -0.495 e. The van der Waals surface area contributed by atoms with Crippen molar-refractivity contribution >= 4 is 11.7 Å². The van der Waals surface area contributed by atoms with Crippen LogP contribution >= 0.6 is 0 Å². The van der Waals surface area contributed by atoms with Crippen LogP contribution in [0, 0.1) is 0 Å². The lowest BCUT2D eigenvalue weighted by atomic mass is 10.1. The Morgan fingerprint density at radius 1 is 1.28 bits per heavy atom. The van der Waals surface area contributed by atoms with Crippen LogP contribution in [0.4, 0.5) is 10.5 Å². The van der Waals surface area contributed by atoms with Gasteiger partial charge in [-0.15, -0.1) is 0 Å². The molecule has 2 amide bonds. The van der Waals surface area contributed by atoms with Gasteiger partial charge in [0.1, 0.15) is 12.0 Å². The van der Waals surface area contributed by atoms with Crippen molar-refractivity contribution in [3.8, 4) is 17.2 Å². The quantitative estimate of drug-likeness (QED) is 0.741. The molecule has 3 rings (SSSR count). The van der Waals surface area contributed by atoms with Gasteiger partial charge in [-0.05, 0) is 31.2 Å². The number of rotatable bonds is 5. The lowest BCUT2D eigenvalue weighted by Gasteiger charge is -2.17. The van der Waals surface area contributed by atoms with Crippen molar-refractivity contribution in [3.05, 3.63) is 60.7 Å². The van der Waals surface area contributed by atoms with E-state index < -0.39 is 0 Å². The Balaban J connectivity index is 1.67. The van der Waals surface area contributed by atoms with Crippen molar-refractivity contribution in [1.82, 2.24) is 15.3 Å². The predicted molar refractivity (Wildman–Crippen MR) is 93.3 cm³/mol. The molecular weight excluding hydrogens is 320 g/mol. The number of pyridine rings is 1. The maximum atomic E-state index is 12.3. The summed E-state index contributed by atoms with van der Waals surface area (Å²) in [5, 5.41) is 5.68. The molecule has 128 valence electrons. The number of benzene rings is 1. The highest BCUT2D eigenvalue weighted by molar-refractivity contribution is 5.90. The summed E-state index contributed by atoms with van der Waals surface area (Å²) < 4.78 is 10.5. The normalized spacial score (nSPS) is 11.6. The zero-order valence-electron chi connectivity index (χ0n) is 13.9. The van der Waals surface area contributed by atoms with Gasteiger partial charge in [-0.2, -0.15) is 0 Å². The molecule has 0 aliphatic carbocycles. The Morgan fingerprint density at radius 2 is 2.16 bits per heavy atom. The van der Waals surface area contributed by atoms with Crippen LogP contribution in [0.25, 0.3) is 11.5 Å². The van der Waals surface area contributed by atoms with Crippen LogP contribution in [-0.2, 0) is 0 Å². The maximum absolute atomic E-state index is 12.3. The topological polar surface area (TPSA) is 89.3 Å². The second-order valence-electron chi connectivity index (χ2n) is 5.36. The van der Waals surface area contributed by atoms with Crippen LogP contribution in [0.15, 0.2) is 59.6 Å². The summed E-state index contributed by atoms with van der Waals surface area (Å²) in [6.45, 7) is 1.88. The fourth-order valence-electron chi connectivity index (χ4n) is 2.46. The zero-order chi connectivity index (χ0) is 17.6. The van der Waals surface area contributed by atoms with E-state index in [4.69, 9.17) is 9.15 Å². The number of anilines is 1. The number of urea groups is 1. The number of oxazole rings is 1. The Kier molecular flexibility index (Phi) is 4.94. The largest absolute Gasteiger partial charge is 0.495 e. The fourth-order valence-corrected chi connectivity index (χ4v) is 2.46. The van der Waals surface area contributed by atoms with E-state index in [1.807, 2.05) is 25.1 Å². The van der Waals surface area contributed by atoms with Crippen molar-refractivity contribution < 1.29 is 13.9 Å². The average molecular weight is 338 g/mol. The number of amides is 2. The van der Waals surface area contributed by atoms with Crippen LogP contribution in [0.3, 0.4) is 0 Å². The molecule has 2 aromatic heterocycles. The van der Waals surface area contributed by atoms with Gasteiger partial charge in [0.15, 0.2) is 0 Å². The highest BCUT2D eigenvalue weighted by Gasteiger charge is 2.14. The standard InChI is InChI=1S/C18H18N4O3/c1-12(15-6-7-19-11-16(15)24-2)21-18(23)22-14-5-3-4-13(10-14)17-20-8-9-25-17/h3-12H,1-2H3,(H2,21,22,23). The van der Waals surface area contributed by atoms with E-state index in [0.717, 1.165) is 11.1 Å². The van der Waals surface area contributed by atoms with Crippen molar-refractivity contribution in [3.63, 3.8) is 0 Å². The van der Waals surface area contributed by atoms with Gasteiger partial charge >= 0.3 is 6.03 Å². The molecule has 1 unspecified atom stereocenters. The average Bonchev–Trinajstić information content (AvgIpc) is 3.16. The lowest BCUT2D eigenvalue weighted by molar-refractivity contribution is 0.249. The summed E-state index contributed by atoms with van der Waals surface area (Å²) in [5.41, 5.74) is 2.27. The van der Waals surface area contributed by atoms with Gasteiger partial charge in [0.2, 0.25) is 5.89 Å². The molecule has 2 heterocycles. The van der Waals surface area contributed by atoms with Crippen LogP contribution in [-0.4, -0.2) is 23.1 Å². The first-order valence-corrected chi connectivity index (χ1v) is 7.72. The summed E-state index contributed by atoms with van der Waals surface area (Å²) in [4.78, 5) is 20.4. The SMILES string of the molecule is COc1cnccc1C(C)NC(=O)Nc1cccc(-c2ncco2)c1.